The fourth-order valence-corrected chi connectivity index (χ4v) is 1.74. The van der Waals surface area contributed by atoms with Gasteiger partial charge in [0.25, 0.3) is 0 Å². The Hall–Kier alpha value is -1.09. The van der Waals surface area contributed by atoms with Crippen LogP contribution in [-0.4, -0.2) is 12.5 Å². The van der Waals surface area contributed by atoms with Crippen LogP contribution in [0.3, 0.4) is 0 Å². The summed E-state index contributed by atoms with van der Waals surface area (Å²) < 4.78 is 28.9. The van der Waals surface area contributed by atoms with E-state index in [1.807, 2.05) is 13.0 Å². The molecule has 4 heteroatoms. The summed E-state index contributed by atoms with van der Waals surface area (Å²) in [7, 11) is 0. The molecular weight excluding hydrogens is 246 g/mol. The number of alkyl halides is 3. The molecule has 1 aromatic carbocycles. The largest absolute Gasteiger partial charge is 0.434 e. The lowest BCUT2D eigenvalue weighted by atomic mass is 10.0. The zero-order chi connectivity index (χ0) is 13.0. The first-order valence-corrected chi connectivity index (χ1v) is 5.76. The smallest absolute Gasteiger partial charge is 0.387 e. The highest BCUT2D eigenvalue weighted by Crippen LogP contribution is 2.27. The van der Waals surface area contributed by atoms with E-state index >= 15 is 0 Å². The number of allylic oxidation sites excluding steroid dienone is 1. The van der Waals surface area contributed by atoms with Gasteiger partial charge in [-0.05, 0) is 49.6 Å². The van der Waals surface area contributed by atoms with Gasteiger partial charge in [0.15, 0.2) is 0 Å². The molecule has 0 spiro atoms. The summed E-state index contributed by atoms with van der Waals surface area (Å²) in [5.74, 6) is 0.702. The van der Waals surface area contributed by atoms with Crippen LogP contribution in [0.1, 0.15) is 23.6 Å². The van der Waals surface area contributed by atoms with Gasteiger partial charge in [-0.25, -0.2) is 0 Å². The highest BCUT2D eigenvalue weighted by atomic mass is 35.5. The molecule has 0 saturated carbocycles. The van der Waals surface area contributed by atoms with Crippen molar-refractivity contribution in [2.45, 2.75) is 27.4 Å². The number of rotatable bonds is 4. The molecule has 0 fully saturated rings. The van der Waals surface area contributed by atoms with Crippen molar-refractivity contribution in [3.05, 3.63) is 34.4 Å². The minimum absolute atomic E-state index is 0.251. The Morgan fingerprint density at radius 3 is 2.29 bits per heavy atom. The maximum absolute atomic E-state index is 12.2. The summed E-state index contributed by atoms with van der Waals surface area (Å²) in [6.45, 7) is 2.62. The summed E-state index contributed by atoms with van der Waals surface area (Å²) in [6, 6.07) is 3.61. The molecule has 0 radical (unpaired) electrons. The molecule has 1 nitrogen and oxygen atoms in total. The average molecular weight is 261 g/mol. The molecule has 0 N–H and O–H groups in total. The molecule has 0 aromatic heterocycles. The van der Waals surface area contributed by atoms with E-state index in [1.165, 1.54) is 0 Å². The van der Waals surface area contributed by atoms with Crippen LogP contribution in [0.2, 0.25) is 0 Å². The zero-order valence-corrected chi connectivity index (χ0v) is 10.8. The predicted molar refractivity (Wildman–Crippen MR) is 66.9 cm³/mol. The molecule has 0 aliphatic carbocycles. The summed E-state index contributed by atoms with van der Waals surface area (Å²) in [4.78, 5) is 0. The molecule has 0 aliphatic heterocycles. The minimum Gasteiger partial charge on any atom is -0.434 e. The monoisotopic (exact) mass is 260 g/mol. The molecular formula is C13H15ClF2O. The zero-order valence-electron chi connectivity index (χ0n) is 10.1. The maximum Gasteiger partial charge on any atom is 0.387 e. The molecule has 0 aliphatic rings. The Morgan fingerprint density at radius 1 is 1.35 bits per heavy atom. The minimum atomic E-state index is -2.79. The Kier molecular flexibility index (Phi) is 4.94. The van der Waals surface area contributed by atoms with Crippen molar-refractivity contribution < 1.29 is 13.5 Å². The van der Waals surface area contributed by atoms with Crippen molar-refractivity contribution in [3.63, 3.8) is 0 Å². The van der Waals surface area contributed by atoms with Crippen molar-refractivity contribution in [2.75, 3.05) is 5.88 Å². The summed E-state index contributed by atoms with van der Waals surface area (Å²) >= 11 is 5.69. The van der Waals surface area contributed by atoms with Gasteiger partial charge in [-0.1, -0.05) is 11.6 Å². The van der Waals surface area contributed by atoms with Gasteiger partial charge in [0.2, 0.25) is 0 Å². The first kappa shape index (κ1) is 14.0. The van der Waals surface area contributed by atoms with Gasteiger partial charge >= 0.3 is 6.61 Å². The predicted octanol–water partition coefficient (Wildman–Crippen LogP) is 4.55. The number of ether oxygens (including phenoxy) is 1. The van der Waals surface area contributed by atoms with Crippen LogP contribution in [0.15, 0.2) is 17.7 Å². The maximum atomic E-state index is 12.2. The van der Waals surface area contributed by atoms with E-state index in [9.17, 15) is 8.78 Å². The first-order chi connectivity index (χ1) is 7.93. The fourth-order valence-electron chi connectivity index (χ4n) is 1.67. The lowest BCUT2D eigenvalue weighted by Gasteiger charge is -2.12. The molecule has 0 atom stereocenters. The van der Waals surface area contributed by atoms with E-state index < -0.39 is 6.61 Å². The van der Waals surface area contributed by atoms with Gasteiger partial charge < -0.3 is 4.74 Å². The van der Waals surface area contributed by atoms with Crippen LogP contribution in [0.4, 0.5) is 8.78 Å². The van der Waals surface area contributed by atoms with E-state index in [0.717, 1.165) is 11.1 Å². The third-order valence-corrected chi connectivity index (χ3v) is 2.74. The second kappa shape index (κ2) is 6.01. The van der Waals surface area contributed by atoms with Crippen molar-refractivity contribution in [1.82, 2.24) is 0 Å². The van der Waals surface area contributed by atoms with Crippen molar-refractivity contribution in [3.8, 4) is 5.75 Å². The highest BCUT2D eigenvalue weighted by Gasteiger charge is 2.10. The van der Waals surface area contributed by atoms with Crippen LogP contribution in [-0.2, 0) is 0 Å². The molecule has 17 heavy (non-hydrogen) atoms. The van der Waals surface area contributed by atoms with Gasteiger partial charge in [0.1, 0.15) is 5.75 Å². The quantitative estimate of drug-likeness (QED) is 0.722. The summed E-state index contributed by atoms with van der Waals surface area (Å²) in [5, 5.41) is 0. The second-order valence-corrected chi connectivity index (χ2v) is 4.25. The van der Waals surface area contributed by atoms with Crippen LogP contribution >= 0.6 is 11.6 Å². The van der Waals surface area contributed by atoms with Gasteiger partial charge in [0, 0.05) is 5.88 Å². The van der Waals surface area contributed by atoms with Gasteiger partial charge in [-0.3, -0.25) is 0 Å². The Morgan fingerprint density at radius 2 is 1.88 bits per heavy atom. The van der Waals surface area contributed by atoms with Crippen LogP contribution < -0.4 is 4.74 Å². The van der Waals surface area contributed by atoms with E-state index in [0.29, 0.717) is 17.0 Å². The topological polar surface area (TPSA) is 9.23 Å². The van der Waals surface area contributed by atoms with Crippen LogP contribution in [0.5, 0.6) is 5.75 Å². The van der Waals surface area contributed by atoms with Crippen molar-refractivity contribution >= 4 is 17.7 Å². The second-order valence-electron chi connectivity index (χ2n) is 3.99. The fraction of sp³-hybridized carbons (Fsp3) is 0.385. The highest BCUT2D eigenvalue weighted by molar-refractivity contribution is 6.19. The molecule has 1 aromatic rings. The van der Waals surface area contributed by atoms with E-state index in [1.54, 1.807) is 26.0 Å². The van der Waals surface area contributed by atoms with Crippen molar-refractivity contribution in [1.29, 1.82) is 0 Å². The third kappa shape index (κ3) is 4.00. The van der Waals surface area contributed by atoms with Crippen LogP contribution in [0, 0.1) is 13.8 Å². The van der Waals surface area contributed by atoms with Gasteiger partial charge in [-0.15, -0.1) is 11.6 Å². The summed E-state index contributed by atoms with van der Waals surface area (Å²) in [6.07, 6.45) is 1.93. The lowest BCUT2D eigenvalue weighted by molar-refractivity contribution is -0.0507. The molecule has 1 rings (SSSR count). The molecule has 0 heterocycles. The number of halogens is 3. The van der Waals surface area contributed by atoms with E-state index in [2.05, 4.69) is 4.74 Å². The van der Waals surface area contributed by atoms with Gasteiger partial charge in [-0.2, -0.15) is 8.78 Å². The standard InChI is InChI=1S/C13H15ClF2O/c1-8(7-14)4-11-5-9(2)12(10(3)6-11)17-13(15)16/h4-6,13H,7H2,1-3H3. The average Bonchev–Trinajstić information content (AvgIpc) is 2.23. The van der Waals surface area contributed by atoms with Crippen LogP contribution in [0.25, 0.3) is 6.08 Å². The number of hydrogen-bond acceptors (Lipinski definition) is 1. The molecule has 0 amide bonds. The Bertz CT molecular complexity index is 404. The number of aryl methyl sites for hydroxylation is 2. The lowest BCUT2D eigenvalue weighted by Crippen LogP contribution is -2.05. The molecule has 94 valence electrons. The molecule has 0 bridgehead atoms. The van der Waals surface area contributed by atoms with E-state index in [-0.39, 0.29) is 5.75 Å². The SMILES string of the molecule is CC(=Cc1cc(C)c(OC(F)F)c(C)c1)CCl. The number of benzene rings is 1. The first-order valence-electron chi connectivity index (χ1n) is 5.23. The summed E-state index contributed by atoms with van der Waals surface area (Å²) in [5.41, 5.74) is 3.35. The molecule has 0 unspecified atom stereocenters. The van der Waals surface area contributed by atoms with E-state index in [4.69, 9.17) is 11.6 Å². The van der Waals surface area contributed by atoms with Crippen molar-refractivity contribution in [2.24, 2.45) is 0 Å². The third-order valence-electron chi connectivity index (χ3n) is 2.31. The normalized spacial score (nSPS) is 12.1. The molecule has 0 saturated heterocycles. The van der Waals surface area contributed by atoms with Gasteiger partial charge in [0.05, 0.1) is 0 Å². The Labute approximate surface area is 105 Å². The Balaban J connectivity index is 3.09. The number of hydrogen-bond donors (Lipinski definition) is 0.